The van der Waals surface area contributed by atoms with Gasteiger partial charge < -0.3 is 9.64 Å². The number of halogens is 3. The molecule has 0 bridgehead atoms. The highest BCUT2D eigenvalue weighted by molar-refractivity contribution is 5.70. The lowest BCUT2D eigenvalue weighted by atomic mass is 9.95. The van der Waals surface area contributed by atoms with E-state index in [1.54, 1.807) is 18.3 Å². The highest BCUT2D eigenvalue weighted by atomic mass is 19.4. The predicted molar refractivity (Wildman–Crippen MR) is 84.8 cm³/mol. The maximum atomic E-state index is 12.8. The summed E-state index contributed by atoms with van der Waals surface area (Å²) in [4.78, 5) is 20.8. The molecule has 0 N–H and O–H groups in total. The van der Waals surface area contributed by atoms with Gasteiger partial charge in [0.1, 0.15) is 5.69 Å². The van der Waals surface area contributed by atoms with Crippen LogP contribution in [0.3, 0.4) is 0 Å². The fourth-order valence-corrected chi connectivity index (χ4v) is 2.75. The molecule has 2 aromatic rings. The minimum atomic E-state index is -4.49. The van der Waals surface area contributed by atoms with E-state index in [1.807, 2.05) is 4.90 Å². The Morgan fingerprint density at radius 3 is 2.64 bits per heavy atom. The van der Waals surface area contributed by atoms with Gasteiger partial charge in [0.2, 0.25) is 0 Å². The summed E-state index contributed by atoms with van der Waals surface area (Å²) < 4.78 is 43.1. The summed E-state index contributed by atoms with van der Waals surface area (Å²) >= 11 is 0. The van der Waals surface area contributed by atoms with E-state index in [0.717, 1.165) is 18.0 Å². The fraction of sp³-hybridized carbons (Fsp3) is 0.353. The van der Waals surface area contributed by atoms with Crippen molar-refractivity contribution in [2.45, 2.75) is 12.6 Å². The number of carbonyl (C=O) groups is 1. The standard InChI is InChI=1S/C17H16F3N3O2/c1-25-16(24)6-11-9-23(10-11)13-3-5-21-14(8-13)12-2-4-22-15(7-12)17(18,19)20/h2-5,7-8,11H,6,9-10H2,1H3. The average Bonchev–Trinajstić information content (AvgIpc) is 2.57. The molecule has 0 radical (unpaired) electrons. The Kier molecular flexibility index (Phi) is 4.61. The van der Waals surface area contributed by atoms with E-state index >= 15 is 0 Å². The second kappa shape index (κ2) is 6.70. The molecule has 0 aromatic carbocycles. The van der Waals surface area contributed by atoms with Gasteiger partial charge in [0.15, 0.2) is 0 Å². The third-order valence-corrected chi connectivity index (χ3v) is 4.09. The van der Waals surface area contributed by atoms with Gasteiger partial charge >= 0.3 is 12.1 Å². The molecule has 5 nitrogen and oxygen atoms in total. The number of hydrogen-bond donors (Lipinski definition) is 0. The zero-order chi connectivity index (χ0) is 18.0. The number of pyridine rings is 2. The lowest BCUT2D eigenvalue weighted by Crippen LogP contribution is -2.47. The van der Waals surface area contributed by atoms with E-state index in [-0.39, 0.29) is 11.9 Å². The number of esters is 1. The fourth-order valence-electron chi connectivity index (χ4n) is 2.75. The van der Waals surface area contributed by atoms with Crippen molar-refractivity contribution in [3.8, 4) is 11.3 Å². The number of hydrogen-bond acceptors (Lipinski definition) is 5. The van der Waals surface area contributed by atoms with Crippen LogP contribution in [0.15, 0.2) is 36.7 Å². The van der Waals surface area contributed by atoms with Crippen molar-refractivity contribution in [3.05, 3.63) is 42.4 Å². The van der Waals surface area contributed by atoms with Crippen molar-refractivity contribution in [1.29, 1.82) is 0 Å². The largest absolute Gasteiger partial charge is 0.469 e. The van der Waals surface area contributed by atoms with Crippen molar-refractivity contribution in [2.75, 3.05) is 25.1 Å². The quantitative estimate of drug-likeness (QED) is 0.792. The van der Waals surface area contributed by atoms with Crippen LogP contribution in [0.5, 0.6) is 0 Å². The topological polar surface area (TPSA) is 55.3 Å². The summed E-state index contributed by atoms with van der Waals surface area (Å²) in [6, 6.07) is 6.02. The van der Waals surface area contributed by atoms with Gasteiger partial charge in [0.25, 0.3) is 0 Å². The first-order valence-electron chi connectivity index (χ1n) is 7.68. The summed E-state index contributed by atoms with van der Waals surface area (Å²) in [6.07, 6.45) is -1.44. The van der Waals surface area contributed by atoms with Crippen LogP contribution in [0.2, 0.25) is 0 Å². The van der Waals surface area contributed by atoms with Gasteiger partial charge in [-0.2, -0.15) is 13.2 Å². The molecule has 0 unspecified atom stereocenters. The molecule has 3 heterocycles. The molecule has 1 saturated heterocycles. The third kappa shape index (κ3) is 3.89. The van der Waals surface area contributed by atoms with E-state index in [2.05, 4.69) is 14.7 Å². The van der Waals surface area contributed by atoms with Gasteiger partial charge in [-0.25, -0.2) is 0 Å². The summed E-state index contributed by atoms with van der Waals surface area (Å²) in [5.41, 5.74) is 0.716. The molecule has 0 spiro atoms. The van der Waals surface area contributed by atoms with E-state index in [0.29, 0.717) is 30.8 Å². The van der Waals surface area contributed by atoms with Crippen LogP contribution in [-0.4, -0.2) is 36.1 Å². The number of nitrogens with zero attached hydrogens (tertiary/aromatic N) is 3. The highest BCUT2D eigenvalue weighted by Crippen LogP contribution is 2.32. The van der Waals surface area contributed by atoms with Crippen molar-refractivity contribution in [2.24, 2.45) is 5.92 Å². The number of anilines is 1. The summed E-state index contributed by atoms with van der Waals surface area (Å²) in [7, 11) is 1.36. The van der Waals surface area contributed by atoms with E-state index in [9.17, 15) is 18.0 Å². The van der Waals surface area contributed by atoms with E-state index in [4.69, 9.17) is 0 Å². The predicted octanol–water partition coefficient (Wildman–Crippen LogP) is 3.16. The molecule has 8 heteroatoms. The number of methoxy groups -OCH3 is 1. The first kappa shape index (κ1) is 17.2. The van der Waals surface area contributed by atoms with E-state index in [1.165, 1.54) is 13.2 Å². The lowest BCUT2D eigenvalue weighted by Gasteiger charge is -2.40. The molecule has 1 aliphatic rings. The molecule has 3 rings (SSSR count). The number of rotatable bonds is 4. The van der Waals surface area contributed by atoms with Crippen LogP contribution in [0.25, 0.3) is 11.3 Å². The number of aromatic nitrogens is 2. The van der Waals surface area contributed by atoms with E-state index < -0.39 is 11.9 Å². The molecule has 2 aromatic heterocycles. The number of carbonyl (C=O) groups excluding carboxylic acids is 1. The number of alkyl halides is 3. The molecule has 1 fully saturated rings. The minimum absolute atomic E-state index is 0.224. The molecular weight excluding hydrogens is 335 g/mol. The van der Waals surface area contributed by atoms with Crippen molar-refractivity contribution in [3.63, 3.8) is 0 Å². The molecule has 0 aliphatic carbocycles. The Balaban J connectivity index is 1.74. The van der Waals surface area contributed by atoms with Crippen LogP contribution in [0.4, 0.5) is 18.9 Å². The van der Waals surface area contributed by atoms with Gasteiger partial charge in [0.05, 0.1) is 19.2 Å². The van der Waals surface area contributed by atoms with Gasteiger partial charge in [0, 0.05) is 42.7 Å². The summed E-state index contributed by atoms with van der Waals surface area (Å²) in [5, 5.41) is 0. The smallest absolute Gasteiger partial charge is 0.433 e. The molecule has 132 valence electrons. The zero-order valence-electron chi connectivity index (χ0n) is 13.5. The minimum Gasteiger partial charge on any atom is -0.469 e. The maximum absolute atomic E-state index is 12.8. The van der Waals surface area contributed by atoms with Crippen LogP contribution in [0, 0.1) is 5.92 Å². The molecule has 0 saturated carbocycles. The van der Waals surface area contributed by atoms with Crippen molar-refractivity contribution < 1.29 is 22.7 Å². The van der Waals surface area contributed by atoms with Crippen molar-refractivity contribution in [1.82, 2.24) is 9.97 Å². The molecule has 0 atom stereocenters. The van der Waals surface area contributed by atoms with Crippen molar-refractivity contribution >= 4 is 11.7 Å². The Hall–Kier alpha value is -2.64. The van der Waals surface area contributed by atoms with Crippen LogP contribution in [0.1, 0.15) is 12.1 Å². The SMILES string of the molecule is COC(=O)CC1CN(c2ccnc(-c3ccnc(C(F)(F)F)c3)c2)C1. The van der Waals surface area contributed by atoms with Gasteiger partial charge in [-0.05, 0) is 24.3 Å². The Morgan fingerprint density at radius 2 is 1.96 bits per heavy atom. The first-order chi connectivity index (χ1) is 11.9. The molecular formula is C17H16F3N3O2. The zero-order valence-corrected chi connectivity index (χ0v) is 13.5. The monoisotopic (exact) mass is 351 g/mol. The van der Waals surface area contributed by atoms with Crippen LogP contribution < -0.4 is 4.90 Å². The second-order valence-electron chi connectivity index (χ2n) is 5.88. The molecule has 25 heavy (non-hydrogen) atoms. The Bertz CT molecular complexity index is 774. The third-order valence-electron chi connectivity index (χ3n) is 4.09. The average molecular weight is 351 g/mol. The molecule has 1 aliphatic heterocycles. The summed E-state index contributed by atoms with van der Waals surface area (Å²) in [6.45, 7) is 1.39. The second-order valence-corrected chi connectivity index (χ2v) is 5.88. The summed E-state index contributed by atoms with van der Waals surface area (Å²) in [5.74, 6) is -0.0154. The normalized spacial score (nSPS) is 15.0. The van der Waals surface area contributed by atoms with Gasteiger partial charge in [-0.3, -0.25) is 14.8 Å². The maximum Gasteiger partial charge on any atom is 0.433 e. The Morgan fingerprint density at radius 1 is 1.24 bits per heavy atom. The Labute approximate surface area is 142 Å². The molecule has 0 amide bonds. The van der Waals surface area contributed by atoms with Gasteiger partial charge in [-0.15, -0.1) is 0 Å². The highest BCUT2D eigenvalue weighted by Gasteiger charge is 2.33. The van der Waals surface area contributed by atoms with Crippen LogP contribution in [-0.2, 0) is 15.7 Å². The lowest BCUT2D eigenvalue weighted by molar-refractivity contribution is -0.142. The number of ether oxygens (including phenoxy) is 1. The first-order valence-corrected chi connectivity index (χ1v) is 7.68. The van der Waals surface area contributed by atoms with Gasteiger partial charge in [-0.1, -0.05) is 0 Å². The van der Waals surface area contributed by atoms with Crippen LogP contribution >= 0.6 is 0 Å².